The lowest BCUT2D eigenvalue weighted by Gasteiger charge is -2.37. The lowest BCUT2D eigenvalue weighted by Crippen LogP contribution is -2.43. The number of hydrogen-bond acceptors (Lipinski definition) is 5. The molecule has 3 atom stereocenters. The Morgan fingerprint density at radius 2 is 1.83 bits per heavy atom. The molecule has 1 aliphatic heterocycles. The van der Waals surface area contributed by atoms with E-state index in [0.717, 1.165) is 66.3 Å². The minimum Gasteiger partial charge on any atom is -0.406 e. The number of aromatic nitrogens is 3. The van der Waals surface area contributed by atoms with Crippen LogP contribution in [0.3, 0.4) is 0 Å². The number of ether oxygens (including phenoxy) is 1. The first-order chi connectivity index (χ1) is 23.1. The Balaban J connectivity index is 1.13. The fraction of sp³-hybridized carbons (Fsp3) is 0.389. The van der Waals surface area contributed by atoms with Crippen LogP contribution in [0.25, 0.3) is 17.1 Å². The third kappa shape index (κ3) is 7.86. The third-order valence-corrected chi connectivity index (χ3v) is 9.87. The van der Waals surface area contributed by atoms with Crippen molar-refractivity contribution in [3.8, 4) is 22.8 Å². The first kappa shape index (κ1) is 33.6. The maximum atomic E-state index is 13.4. The number of carbonyl (C=O) groups is 1. The summed E-state index contributed by atoms with van der Waals surface area (Å²) in [6, 6.07) is 19.9. The monoisotopic (exact) mass is 676 g/mol. The number of nitrogens with one attached hydrogen (secondary N) is 1. The highest BCUT2D eigenvalue weighted by Gasteiger charge is 2.33. The van der Waals surface area contributed by atoms with Gasteiger partial charge in [-0.25, -0.2) is 14.5 Å². The number of hydrogen-bond donors (Lipinski definition) is 1. The zero-order valence-corrected chi connectivity index (χ0v) is 28.0. The Hall–Kier alpha value is -4.32. The molecule has 1 saturated heterocycles. The number of alkyl halides is 3. The summed E-state index contributed by atoms with van der Waals surface area (Å²) >= 11 is 1.64. The van der Waals surface area contributed by atoms with Gasteiger partial charge in [-0.3, -0.25) is 0 Å². The molecule has 48 heavy (non-hydrogen) atoms. The number of carbonyl (C=O) groups excluding carboxylic acids is 1. The van der Waals surface area contributed by atoms with E-state index in [4.69, 9.17) is 0 Å². The van der Waals surface area contributed by atoms with E-state index < -0.39 is 6.36 Å². The van der Waals surface area contributed by atoms with Crippen molar-refractivity contribution in [3.63, 3.8) is 0 Å². The first-order valence-corrected chi connectivity index (χ1v) is 17.4. The van der Waals surface area contributed by atoms with Crippen LogP contribution in [-0.2, 0) is 6.42 Å². The van der Waals surface area contributed by atoms with Gasteiger partial charge >= 0.3 is 12.4 Å². The molecule has 2 fully saturated rings. The number of thioether (sulfide) groups is 1. The molecule has 2 amide bonds. The number of aryl methyl sites for hydroxylation is 2. The van der Waals surface area contributed by atoms with Gasteiger partial charge < -0.3 is 15.0 Å². The van der Waals surface area contributed by atoms with E-state index in [1.165, 1.54) is 46.4 Å². The molecule has 3 aromatic carbocycles. The van der Waals surface area contributed by atoms with Crippen molar-refractivity contribution in [1.82, 2.24) is 20.1 Å². The van der Waals surface area contributed by atoms with Gasteiger partial charge in [-0.2, -0.15) is 4.99 Å². The molecular formula is C36H39F3N6O2S. The molecule has 12 heteroatoms. The minimum atomic E-state index is -4.75. The molecule has 8 nitrogen and oxygen atoms in total. The van der Waals surface area contributed by atoms with E-state index in [9.17, 15) is 18.0 Å². The molecule has 1 aliphatic carbocycles. The lowest BCUT2D eigenvalue weighted by molar-refractivity contribution is -0.274. The number of halogens is 3. The summed E-state index contributed by atoms with van der Waals surface area (Å²) < 4.78 is 42.9. The second-order valence-electron chi connectivity index (χ2n) is 12.4. The van der Waals surface area contributed by atoms with Crippen LogP contribution in [-0.4, -0.2) is 50.2 Å². The normalized spacial score (nSPS) is 20.7. The van der Waals surface area contributed by atoms with Gasteiger partial charge in [0.1, 0.15) is 12.1 Å². The molecule has 3 unspecified atom stereocenters. The summed E-state index contributed by atoms with van der Waals surface area (Å²) in [5.41, 5.74) is 6.10. The van der Waals surface area contributed by atoms with Gasteiger partial charge in [0.25, 0.3) is 0 Å². The lowest BCUT2D eigenvalue weighted by atomic mass is 9.93. The second kappa shape index (κ2) is 14.4. The second-order valence-corrected chi connectivity index (χ2v) is 13.5. The number of amides is 2. The zero-order chi connectivity index (χ0) is 33.8. The molecule has 4 aromatic rings. The third-order valence-electron chi connectivity index (χ3n) is 8.88. The van der Waals surface area contributed by atoms with E-state index in [2.05, 4.69) is 69.0 Å². The van der Waals surface area contributed by atoms with E-state index in [-0.39, 0.29) is 29.8 Å². The van der Waals surface area contributed by atoms with Crippen molar-refractivity contribution < 1.29 is 22.7 Å². The Bertz CT molecular complexity index is 1760. The van der Waals surface area contributed by atoms with Crippen LogP contribution in [0.1, 0.15) is 68.6 Å². The molecule has 2 aliphatic rings. The highest BCUT2D eigenvalue weighted by atomic mass is 32.2. The largest absolute Gasteiger partial charge is 0.573 e. The van der Waals surface area contributed by atoms with Crippen molar-refractivity contribution in [3.05, 3.63) is 89.7 Å². The van der Waals surface area contributed by atoms with Crippen LogP contribution >= 0.6 is 11.8 Å². The van der Waals surface area contributed by atoms with Crippen LogP contribution in [0.4, 0.5) is 23.7 Å². The number of rotatable bonds is 8. The molecule has 252 valence electrons. The first-order valence-electron chi connectivity index (χ1n) is 16.4. The maximum Gasteiger partial charge on any atom is 0.573 e. The van der Waals surface area contributed by atoms with Crippen molar-refractivity contribution in [2.45, 2.75) is 83.7 Å². The van der Waals surface area contributed by atoms with Gasteiger partial charge in [-0.15, -0.1) is 18.3 Å². The maximum absolute atomic E-state index is 13.4. The number of urea groups is 1. The van der Waals surface area contributed by atoms with Crippen molar-refractivity contribution in [2.24, 2.45) is 4.99 Å². The highest BCUT2D eigenvalue weighted by molar-refractivity contribution is 8.14. The predicted octanol–water partition coefficient (Wildman–Crippen LogP) is 8.83. The van der Waals surface area contributed by atoms with Gasteiger partial charge in [0, 0.05) is 35.0 Å². The summed E-state index contributed by atoms with van der Waals surface area (Å²) in [5, 5.41) is 8.50. The smallest absolute Gasteiger partial charge is 0.406 e. The number of benzene rings is 3. The topological polar surface area (TPSA) is 84.6 Å². The molecule has 0 spiro atoms. The minimum absolute atomic E-state index is 0.0246. The Labute approximate surface area is 282 Å². The van der Waals surface area contributed by atoms with Crippen LogP contribution < -0.4 is 15.0 Å². The van der Waals surface area contributed by atoms with Crippen LogP contribution in [0.5, 0.6) is 5.75 Å². The van der Waals surface area contributed by atoms with Gasteiger partial charge in [-0.1, -0.05) is 67.9 Å². The number of aliphatic imine (C=N–C) groups is 1. The Kier molecular flexibility index (Phi) is 10.1. The number of nitrogens with zero attached hydrogens (tertiary/aromatic N) is 5. The average Bonchev–Trinajstić information content (AvgIpc) is 3.72. The van der Waals surface area contributed by atoms with Crippen LogP contribution in [0.2, 0.25) is 0 Å². The average molecular weight is 677 g/mol. The van der Waals surface area contributed by atoms with Gasteiger partial charge in [0.15, 0.2) is 11.0 Å². The summed E-state index contributed by atoms with van der Waals surface area (Å²) in [4.78, 5) is 24.7. The highest BCUT2D eigenvalue weighted by Crippen LogP contribution is 2.36. The number of amidine groups is 1. The number of anilines is 1. The Morgan fingerprint density at radius 1 is 1.06 bits per heavy atom. The summed E-state index contributed by atoms with van der Waals surface area (Å²) in [6.07, 6.45) is 2.66. The van der Waals surface area contributed by atoms with E-state index in [0.29, 0.717) is 11.5 Å². The van der Waals surface area contributed by atoms with Gasteiger partial charge in [0.05, 0.1) is 5.69 Å². The molecule has 0 bridgehead atoms. The van der Waals surface area contributed by atoms with Gasteiger partial charge in [0.2, 0.25) is 0 Å². The summed E-state index contributed by atoms with van der Waals surface area (Å²) in [6.45, 7) is 6.49. The van der Waals surface area contributed by atoms with E-state index >= 15 is 0 Å². The SMILES string of the molecule is CCCc1ccc(C)cc1N1/C(=N/C(=O)NC2CCCC2c2ccc(-c3ncn(-c4ccc(OC(F)(F)F)cc4)n3)cc2)SCCC1C. The predicted molar refractivity (Wildman–Crippen MR) is 184 cm³/mol. The fourth-order valence-electron chi connectivity index (χ4n) is 6.52. The molecular weight excluding hydrogens is 637 g/mol. The molecule has 1 N–H and O–H groups in total. The molecule has 6 rings (SSSR count). The van der Waals surface area contributed by atoms with Gasteiger partial charge in [-0.05, 0) is 86.6 Å². The van der Waals surface area contributed by atoms with E-state index in [1.807, 2.05) is 24.3 Å². The molecule has 1 saturated carbocycles. The van der Waals surface area contributed by atoms with Crippen molar-refractivity contribution in [2.75, 3.05) is 10.7 Å². The standard InChI is InChI=1S/C36H39F3N6O2S/c1-4-6-26-10-9-23(2)21-32(26)45-24(3)19-20-48-35(45)42-34(46)41-31-8-5-7-30(31)25-11-13-27(14-12-25)33-40-22-44(43-33)28-15-17-29(18-16-28)47-36(37,38)39/h9-18,21-22,24,30-31H,4-8,19-20H2,1-3H3,(H,41,46)/b42-35-. The quantitative estimate of drug-likeness (QED) is 0.201. The zero-order valence-electron chi connectivity index (χ0n) is 27.2. The van der Waals surface area contributed by atoms with E-state index in [1.54, 1.807) is 11.8 Å². The van der Waals surface area contributed by atoms with Crippen molar-refractivity contribution in [1.29, 1.82) is 0 Å². The van der Waals surface area contributed by atoms with Crippen LogP contribution in [0, 0.1) is 6.92 Å². The molecule has 0 radical (unpaired) electrons. The fourth-order valence-corrected chi connectivity index (χ4v) is 7.73. The molecule has 1 aromatic heterocycles. The Morgan fingerprint density at radius 3 is 2.56 bits per heavy atom. The summed E-state index contributed by atoms with van der Waals surface area (Å²) in [7, 11) is 0. The summed E-state index contributed by atoms with van der Waals surface area (Å²) in [5.74, 6) is 1.27. The van der Waals surface area contributed by atoms with Crippen molar-refractivity contribution >= 4 is 28.6 Å². The molecule has 2 heterocycles. The van der Waals surface area contributed by atoms with Crippen LogP contribution in [0.15, 0.2) is 78.0 Å².